The predicted octanol–water partition coefficient (Wildman–Crippen LogP) is 5.42. The monoisotopic (exact) mass is 286 g/mol. The number of carbonyl (C=O) groups excluding carboxylic acids is 1. The fourth-order valence-corrected chi connectivity index (χ4v) is 3.33. The van der Waals surface area contributed by atoms with Crippen LogP contribution >= 0.6 is 22.9 Å². The zero-order chi connectivity index (χ0) is 13.4. The molecule has 0 unspecified atom stereocenters. The van der Waals surface area contributed by atoms with Crippen LogP contribution in [-0.2, 0) is 0 Å². The lowest BCUT2D eigenvalue weighted by Crippen LogP contribution is -1.92. The standard InChI is InChI=1S/C16H11ClOS/c1-10(18)13-6-7-14(15-8-9-19-16(13)15)11-2-4-12(17)5-3-11/h2-9H,1H3. The fraction of sp³-hybridized carbons (Fsp3) is 0.0625. The van der Waals surface area contributed by atoms with Crippen molar-refractivity contribution in [1.29, 1.82) is 0 Å². The van der Waals surface area contributed by atoms with Crippen molar-refractivity contribution >= 4 is 38.8 Å². The third-order valence-electron chi connectivity index (χ3n) is 3.15. The van der Waals surface area contributed by atoms with E-state index in [4.69, 9.17) is 11.6 Å². The summed E-state index contributed by atoms with van der Waals surface area (Å²) in [7, 11) is 0. The Morgan fingerprint density at radius 3 is 2.47 bits per heavy atom. The van der Waals surface area contributed by atoms with Crippen LogP contribution in [0.1, 0.15) is 17.3 Å². The van der Waals surface area contributed by atoms with E-state index in [9.17, 15) is 4.79 Å². The molecule has 0 amide bonds. The number of halogens is 1. The second kappa shape index (κ2) is 4.80. The Balaban J connectivity index is 2.26. The van der Waals surface area contributed by atoms with Gasteiger partial charge < -0.3 is 0 Å². The minimum absolute atomic E-state index is 0.107. The quantitative estimate of drug-likeness (QED) is 0.575. The van der Waals surface area contributed by atoms with Gasteiger partial charge in [-0.05, 0) is 47.7 Å². The zero-order valence-electron chi connectivity index (χ0n) is 10.3. The average Bonchev–Trinajstić information content (AvgIpc) is 2.87. The van der Waals surface area contributed by atoms with E-state index in [1.54, 1.807) is 18.3 Å². The van der Waals surface area contributed by atoms with Crippen molar-refractivity contribution in [3.8, 4) is 11.1 Å². The molecule has 0 N–H and O–H groups in total. The first-order valence-electron chi connectivity index (χ1n) is 5.94. The maximum atomic E-state index is 11.6. The van der Waals surface area contributed by atoms with Crippen molar-refractivity contribution < 1.29 is 4.79 Å². The van der Waals surface area contributed by atoms with Crippen molar-refractivity contribution in [2.45, 2.75) is 6.92 Å². The van der Waals surface area contributed by atoms with Crippen molar-refractivity contribution in [3.05, 3.63) is 58.4 Å². The van der Waals surface area contributed by atoms with E-state index in [1.807, 2.05) is 41.8 Å². The SMILES string of the molecule is CC(=O)c1ccc(-c2ccc(Cl)cc2)c2ccsc12. The van der Waals surface area contributed by atoms with Crippen LogP contribution in [0.5, 0.6) is 0 Å². The molecule has 0 saturated carbocycles. The first-order valence-corrected chi connectivity index (χ1v) is 7.19. The summed E-state index contributed by atoms with van der Waals surface area (Å²) in [4.78, 5) is 11.6. The molecule has 3 rings (SSSR count). The summed E-state index contributed by atoms with van der Waals surface area (Å²) in [6.07, 6.45) is 0. The minimum Gasteiger partial charge on any atom is -0.294 e. The highest BCUT2D eigenvalue weighted by atomic mass is 35.5. The maximum Gasteiger partial charge on any atom is 0.161 e. The van der Waals surface area contributed by atoms with Gasteiger partial charge in [-0.15, -0.1) is 11.3 Å². The van der Waals surface area contributed by atoms with Gasteiger partial charge in [0.15, 0.2) is 5.78 Å². The Kier molecular flexibility index (Phi) is 3.13. The van der Waals surface area contributed by atoms with E-state index >= 15 is 0 Å². The Morgan fingerprint density at radius 1 is 1.05 bits per heavy atom. The van der Waals surface area contributed by atoms with Crippen LogP contribution in [0.4, 0.5) is 0 Å². The summed E-state index contributed by atoms with van der Waals surface area (Å²) >= 11 is 7.53. The van der Waals surface area contributed by atoms with Gasteiger partial charge in [-0.3, -0.25) is 4.79 Å². The van der Waals surface area contributed by atoms with Crippen LogP contribution < -0.4 is 0 Å². The number of hydrogen-bond acceptors (Lipinski definition) is 2. The predicted molar refractivity (Wildman–Crippen MR) is 82.3 cm³/mol. The zero-order valence-corrected chi connectivity index (χ0v) is 11.9. The van der Waals surface area contributed by atoms with Crippen LogP contribution in [0.2, 0.25) is 5.02 Å². The highest BCUT2D eigenvalue weighted by Crippen LogP contribution is 2.34. The molecule has 0 aliphatic carbocycles. The molecule has 0 radical (unpaired) electrons. The van der Waals surface area contributed by atoms with Crippen LogP contribution in [0.25, 0.3) is 21.2 Å². The Hall–Kier alpha value is -1.64. The largest absolute Gasteiger partial charge is 0.294 e. The second-order valence-corrected chi connectivity index (χ2v) is 5.74. The van der Waals surface area contributed by atoms with Crippen molar-refractivity contribution in [2.24, 2.45) is 0 Å². The third-order valence-corrected chi connectivity index (χ3v) is 4.35. The smallest absolute Gasteiger partial charge is 0.161 e. The topological polar surface area (TPSA) is 17.1 Å². The first-order chi connectivity index (χ1) is 9.16. The lowest BCUT2D eigenvalue weighted by molar-refractivity contribution is 0.101. The first kappa shape index (κ1) is 12.4. The molecule has 94 valence electrons. The molecule has 1 heterocycles. The summed E-state index contributed by atoms with van der Waals surface area (Å²) in [5, 5.41) is 3.88. The fourth-order valence-electron chi connectivity index (χ4n) is 2.22. The summed E-state index contributed by atoms with van der Waals surface area (Å²) in [6.45, 7) is 1.61. The number of rotatable bonds is 2. The van der Waals surface area contributed by atoms with E-state index in [0.29, 0.717) is 0 Å². The molecular formula is C16H11ClOS. The molecule has 0 aliphatic rings. The number of Topliss-reactive ketones (excluding diaryl/α,β-unsaturated/α-hetero) is 1. The lowest BCUT2D eigenvalue weighted by atomic mass is 9.99. The van der Waals surface area contributed by atoms with Gasteiger partial charge in [0.1, 0.15) is 0 Å². The number of hydrogen-bond donors (Lipinski definition) is 0. The highest BCUT2D eigenvalue weighted by molar-refractivity contribution is 7.17. The molecule has 3 aromatic rings. The number of benzene rings is 2. The number of carbonyl (C=O) groups is 1. The van der Waals surface area contributed by atoms with Gasteiger partial charge in [0.2, 0.25) is 0 Å². The van der Waals surface area contributed by atoms with Crippen LogP contribution in [0.15, 0.2) is 47.8 Å². The van der Waals surface area contributed by atoms with E-state index in [2.05, 4.69) is 6.07 Å². The van der Waals surface area contributed by atoms with Crippen molar-refractivity contribution in [3.63, 3.8) is 0 Å². The molecular weight excluding hydrogens is 276 g/mol. The van der Waals surface area contributed by atoms with Gasteiger partial charge >= 0.3 is 0 Å². The molecule has 1 aromatic heterocycles. The molecule has 3 heteroatoms. The number of thiophene rings is 1. The van der Waals surface area contributed by atoms with Gasteiger partial charge in [0.05, 0.1) is 0 Å². The van der Waals surface area contributed by atoms with E-state index in [0.717, 1.165) is 31.8 Å². The van der Waals surface area contributed by atoms with Gasteiger partial charge in [0, 0.05) is 20.7 Å². The highest BCUT2D eigenvalue weighted by Gasteiger charge is 2.11. The minimum atomic E-state index is 0.107. The molecule has 0 saturated heterocycles. The normalized spacial score (nSPS) is 10.8. The van der Waals surface area contributed by atoms with E-state index in [1.165, 1.54) is 0 Å². The molecule has 0 fully saturated rings. The van der Waals surface area contributed by atoms with Crippen LogP contribution in [0, 0.1) is 0 Å². The summed E-state index contributed by atoms with van der Waals surface area (Å²) in [5.74, 6) is 0.107. The number of ketones is 1. The summed E-state index contributed by atoms with van der Waals surface area (Å²) in [6, 6.07) is 13.8. The number of fused-ring (bicyclic) bond motifs is 1. The maximum absolute atomic E-state index is 11.6. The van der Waals surface area contributed by atoms with Crippen molar-refractivity contribution in [2.75, 3.05) is 0 Å². The molecule has 0 aliphatic heterocycles. The van der Waals surface area contributed by atoms with Gasteiger partial charge in [-0.1, -0.05) is 29.8 Å². The molecule has 2 aromatic carbocycles. The van der Waals surface area contributed by atoms with Gasteiger partial charge in [0.25, 0.3) is 0 Å². The molecule has 1 nitrogen and oxygen atoms in total. The van der Waals surface area contributed by atoms with Crippen LogP contribution in [0.3, 0.4) is 0 Å². The molecule has 19 heavy (non-hydrogen) atoms. The Morgan fingerprint density at radius 2 is 1.79 bits per heavy atom. The third kappa shape index (κ3) is 2.18. The van der Waals surface area contributed by atoms with Gasteiger partial charge in [-0.25, -0.2) is 0 Å². The molecule has 0 bridgehead atoms. The van der Waals surface area contributed by atoms with Crippen molar-refractivity contribution in [1.82, 2.24) is 0 Å². The van der Waals surface area contributed by atoms with E-state index in [-0.39, 0.29) is 5.78 Å². The molecule has 0 atom stereocenters. The van der Waals surface area contributed by atoms with E-state index < -0.39 is 0 Å². The second-order valence-electron chi connectivity index (χ2n) is 4.39. The molecule has 0 spiro atoms. The van der Waals surface area contributed by atoms with Crippen LogP contribution in [-0.4, -0.2) is 5.78 Å². The Bertz CT molecular complexity index is 756. The average molecular weight is 287 g/mol. The summed E-state index contributed by atoms with van der Waals surface area (Å²) in [5.41, 5.74) is 3.04. The Labute approximate surface area is 120 Å². The van der Waals surface area contributed by atoms with Gasteiger partial charge in [-0.2, -0.15) is 0 Å². The lowest BCUT2D eigenvalue weighted by Gasteiger charge is -2.06. The summed E-state index contributed by atoms with van der Waals surface area (Å²) < 4.78 is 1.06.